The van der Waals surface area contributed by atoms with Gasteiger partial charge in [0, 0.05) is 10.2 Å². The summed E-state index contributed by atoms with van der Waals surface area (Å²) in [5.41, 5.74) is 5.87. The van der Waals surface area contributed by atoms with Gasteiger partial charge in [-0.05, 0) is 46.3 Å². The number of hydrogen-bond donors (Lipinski definition) is 2. The SMILES string of the molecule is Nc1cc(F)ccc1C(=O)Nc1c(Cl)cc(F)cc1Br. The standard InChI is InChI=1S/C13H8BrClF2N2O/c14-9-3-7(17)4-10(15)12(9)19-13(20)8-2-1-6(16)5-11(8)18/h1-5H,18H2,(H,19,20). The topological polar surface area (TPSA) is 55.1 Å². The molecule has 0 saturated carbocycles. The summed E-state index contributed by atoms with van der Waals surface area (Å²) in [4.78, 5) is 12.0. The molecule has 0 atom stereocenters. The smallest absolute Gasteiger partial charge is 0.257 e. The lowest BCUT2D eigenvalue weighted by Gasteiger charge is -2.11. The molecule has 0 heterocycles. The van der Waals surface area contributed by atoms with Crippen LogP contribution in [0.1, 0.15) is 10.4 Å². The minimum atomic E-state index is -0.572. The first-order valence-corrected chi connectivity index (χ1v) is 6.56. The van der Waals surface area contributed by atoms with Crippen LogP contribution in [0.5, 0.6) is 0 Å². The number of rotatable bonds is 2. The fraction of sp³-hybridized carbons (Fsp3) is 0. The first kappa shape index (κ1) is 14.7. The molecular weight excluding hydrogens is 354 g/mol. The Morgan fingerprint density at radius 1 is 1.20 bits per heavy atom. The maximum atomic E-state index is 13.1. The molecule has 2 aromatic rings. The minimum Gasteiger partial charge on any atom is -0.398 e. The van der Waals surface area contributed by atoms with Crippen molar-refractivity contribution in [3.05, 3.63) is 57.0 Å². The van der Waals surface area contributed by atoms with Gasteiger partial charge < -0.3 is 11.1 Å². The molecular formula is C13H8BrClF2N2O. The summed E-state index contributed by atoms with van der Waals surface area (Å²) < 4.78 is 26.3. The van der Waals surface area contributed by atoms with Crippen LogP contribution >= 0.6 is 27.5 Å². The average molecular weight is 362 g/mol. The molecule has 3 N–H and O–H groups in total. The molecule has 0 unspecified atom stereocenters. The summed E-state index contributed by atoms with van der Waals surface area (Å²) in [6, 6.07) is 5.64. The van der Waals surface area contributed by atoms with Crippen LogP contribution in [0.4, 0.5) is 20.2 Å². The van der Waals surface area contributed by atoms with Crippen LogP contribution in [0.25, 0.3) is 0 Å². The van der Waals surface area contributed by atoms with E-state index in [1.54, 1.807) is 0 Å². The lowest BCUT2D eigenvalue weighted by atomic mass is 10.1. The van der Waals surface area contributed by atoms with E-state index in [-0.39, 0.29) is 26.4 Å². The van der Waals surface area contributed by atoms with Gasteiger partial charge in [-0.3, -0.25) is 4.79 Å². The van der Waals surface area contributed by atoms with E-state index >= 15 is 0 Å². The highest BCUT2D eigenvalue weighted by Gasteiger charge is 2.15. The first-order chi connectivity index (χ1) is 9.38. The molecule has 0 spiro atoms. The number of benzene rings is 2. The van der Waals surface area contributed by atoms with Crippen molar-refractivity contribution in [2.75, 3.05) is 11.1 Å². The van der Waals surface area contributed by atoms with Gasteiger partial charge >= 0.3 is 0 Å². The van der Waals surface area contributed by atoms with Crippen molar-refractivity contribution < 1.29 is 13.6 Å². The van der Waals surface area contributed by atoms with Crippen LogP contribution in [0.3, 0.4) is 0 Å². The molecule has 0 bridgehead atoms. The van der Waals surface area contributed by atoms with Crippen LogP contribution < -0.4 is 11.1 Å². The molecule has 0 aliphatic carbocycles. The highest BCUT2D eigenvalue weighted by molar-refractivity contribution is 9.10. The van der Waals surface area contributed by atoms with Gasteiger partial charge in [0.15, 0.2) is 0 Å². The molecule has 7 heteroatoms. The Hall–Kier alpha value is -1.66. The Bertz CT molecular complexity index is 671. The Balaban J connectivity index is 2.33. The number of anilines is 2. The Morgan fingerprint density at radius 3 is 2.50 bits per heavy atom. The van der Waals surface area contributed by atoms with E-state index in [9.17, 15) is 13.6 Å². The molecule has 0 aliphatic rings. The number of carbonyl (C=O) groups excluding carboxylic acids is 1. The third-order valence-corrected chi connectivity index (χ3v) is 3.43. The Kier molecular flexibility index (Phi) is 4.25. The van der Waals surface area contributed by atoms with Crippen molar-refractivity contribution in [2.45, 2.75) is 0 Å². The number of carbonyl (C=O) groups is 1. The number of nitrogens with two attached hydrogens (primary N) is 1. The highest BCUT2D eigenvalue weighted by Crippen LogP contribution is 2.32. The largest absolute Gasteiger partial charge is 0.398 e. The molecule has 2 rings (SSSR count). The second-order valence-corrected chi connectivity index (χ2v) is 5.19. The second kappa shape index (κ2) is 5.76. The second-order valence-electron chi connectivity index (χ2n) is 3.93. The van der Waals surface area contributed by atoms with E-state index in [0.29, 0.717) is 0 Å². The van der Waals surface area contributed by atoms with Crippen LogP contribution in [-0.2, 0) is 0 Å². The van der Waals surface area contributed by atoms with Gasteiger partial charge in [-0.25, -0.2) is 8.78 Å². The van der Waals surface area contributed by atoms with Gasteiger partial charge in [0.2, 0.25) is 0 Å². The molecule has 0 aliphatic heterocycles. The van der Waals surface area contributed by atoms with Gasteiger partial charge in [-0.1, -0.05) is 11.6 Å². The Labute approximate surface area is 126 Å². The lowest BCUT2D eigenvalue weighted by Crippen LogP contribution is -2.15. The molecule has 104 valence electrons. The van der Waals surface area contributed by atoms with E-state index in [2.05, 4.69) is 21.2 Å². The van der Waals surface area contributed by atoms with E-state index in [0.717, 1.165) is 24.3 Å². The summed E-state index contributed by atoms with van der Waals surface area (Å²) in [6.45, 7) is 0. The van der Waals surface area contributed by atoms with Gasteiger partial charge in [-0.15, -0.1) is 0 Å². The molecule has 0 radical (unpaired) electrons. The Morgan fingerprint density at radius 2 is 1.90 bits per heavy atom. The molecule has 0 fully saturated rings. The highest BCUT2D eigenvalue weighted by atomic mass is 79.9. The van der Waals surface area contributed by atoms with Crippen LogP contribution in [0, 0.1) is 11.6 Å². The van der Waals surface area contributed by atoms with Crippen molar-refractivity contribution in [2.24, 2.45) is 0 Å². The number of amides is 1. The maximum absolute atomic E-state index is 13.1. The van der Waals surface area contributed by atoms with E-state index in [1.165, 1.54) is 6.07 Å². The molecule has 3 nitrogen and oxygen atoms in total. The number of hydrogen-bond acceptors (Lipinski definition) is 2. The van der Waals surface area contributed by atoms with Gasteiger partial charge in [0.25, 0.3) is 5.91 Å². The summed E-state index contributed by atoms with van der Waals surface area (Å²) >= 11 is 8.95. The fourth-order valence-electron chi connectivity index (χ4n) is 1.58. The first-order valence-electron chi connectivity index (χ1n) is 5.39. The number of nitrogen functional groups attached to an aromatic ring is 1. The third-order valence-electron chi connectivity index (χ3n) is 2.50. The summed E-state index contributed by atoms with van der Waals surface area (Å²) in [7, 11) is 0. The minimum absolute atomic E-state index is 0.00291. The van der Waals surface area contributed by atoms with Crippen LogP contribution in [0.15, 0.2) is 34.8 Å². The molecule has 0 aromatic heterocycles. The third kappa shape index (κ3) is 3.08. The monoisotopic (exact) mass is 360 g/mol. The molecule has 20 heavy (non-hydrogen) atoms. The molecule has 2 aromatic carbocycles. The lowest BCUT2D eigenvalue weighted by molar-refractivity contribution is 0.102. The number of halogens is 4. The average Bonchev–Trinajstić information content (AvgIpc) is 2.33. The predicted molar refractivity (Wildman–Crippen MR) is 77.9 cm³/mol. The van der Waals surface area contributed by atoms with Gasteiger partial charge in [-0.2, -0.15) is 0 Å². The van der Waals surface area contributed by atoms with Crippen LogP contribution in [0.2, 0.25) is 5.02 Å². The zero-order valence-electron chi connectivity index (χ0n) is 9.88. The van der Waals surface area contributed by atoms with Gasteiger partial charge in [0.05, 0.1) is 16.3 Å². The van der Waals surface area contributed by atoms with Crippen molar-refractivity contribution in [1.29, 1.82) is 0 Å². The summed E-state index contributed by atoms with van der Waals surface area (Å²) in [5, 5.41) is 2.53. The van der Waals surface area contributed by atoms with Crippen LogP contribution in [-0.4, -0.2) is 5.91 Å². The zero-order valence-corrected chi connectivity index (χ0v) is 12.2. The predicted octanol–water partition coefficient (Wildman–Crippen LogP) is 4.22. The summed E-state index contributed by atoms with van der Waals surface area (Å²) in [5.74, 6) is -1.65. The maximum Gasteiger partial charge on any atom is 0.257 e. The molecule has 1 amide bonds. The fourth-order valence-corrected chi connectivity index (χ4v) is 2.48. The quantitative estimate of drug-likeness (QED) is 0.787. The normalized spacial score (nSPS) is 10.4. The van der Waals surface area contributed by atoms with Crippen molar-refractivity contribution in [3.8, 4) is 0 Å². The van der Waals surface area contributed by atoms with E-state index in [1.807, 2.05) is 0 Å². The van der Waals surface area contributed by atoms with Gasteiger partial charge in [0.1, 0.15) is 11.6 Å². The zero-order chi connectivity index (χ0) is 14.9. The van der Waals surface area contributed by atoms with E-state index in [4.69, 9.17) is 17.3 Å². The number of nitrogens with one attached hydrogen (secondary N) is 1. The molecule has 0 saturated heterocycles. The van der Waals surface area contributed by atoms with Crippen molar-refractivity contribution >= 4 is 44.8 Å². The van der Waals surface area contributed by atoms with Crippen molar-refractivity contribution in [3.63, 3.8) is 0 Å². The summed E-state index contributed by atoms with van der Waals surface area (Å²) in [6.07, 6.45) is 0. The van der Waals surface area contributed by atoms with E-state index < -0.39 is 17.5 Å². The van der Waals surface area contributed by atoms with Crippen molar-refractivity contribution in [1.82, 2.24) is 0 Å².